The third-order valence-electron chi connectivity index (χ3n) is 7.76. The van der Waals surface area contributed by atoms with E-state index in [1.165, 1.54) is 87.7 Å². The number of hydrogen-bond acceptors (Lipinski definition) is 1. The number of para-hydroxylation sites is 1. The summed E-state index contributed by atoms with van der Waals surface area (Å²) in [5.41, 5.74) is 4.53. The zero-order valence-electron chi connectivity index (χ0n) is 19.6. The Balaban J connectivity index is 0.00000272. The van der Waals surface area contributed by atoms with E-state index >= 15 is 0 Å². The Morgan fingerprint density at radius 3 is 2.06 bits per heavy atom. The van der Waals surface area contributed by atoms with Crippen LogP contribution in [-0.2, 0) is 12.8 Å². The molecule has 1 fully saturated rings. The van der Waals surface area contributed by atoms with Gasteiger partial charge in [-0.1, -0.05) is 56.3 Å². The second-order valence-electron chi connectivity index (χ2n) is 9.69. The number of benzene rings is 2. The number of likely N-dealkylation sites (tertiary alicyclic amines) is 1. The minimum Gasteiger partial charge on any atom is -1.00 e. The van der Waals surface area contributed by atoms with Crippen LogP contribution in [0.3, 0.4) is 0 Å². The number of quaternary nitrogens is 1. The number of rotatable bonds is 9. The minimum absolute atomic E-state index is 0. The maximum absolute atomic E-state index is 2.75. The molecule has 31 heavy (non-hydrogen) atoms. The van der Waals surface area contributed by atoms with Gasteiger partial charge in [0.2, 0.25) is 0 Å². The monoisotopic (exact) mass is 532 g/mol. The Morgan fingerprint density at radius 1 is 0.839 bits per heavy atom. The van der Waals surface area contributed by atoms with Crippen molar-refractivity contribution in [1.29, 1.82) is 0 Å². The van der Waals surface area contributed by atoms with Gasteiger partial charge in [0.25, 0.3) is 0 Å². The van der Waals surface area contributed by atoms with Gasteiger partial charge in [-0.15, -0.1) is 0 Å². The van der Waals surface area contributed by atoms with Crippen molar-refractivity contribution >= 4 is 5.69 Å². The van der Waals surface area contributed by atoms with Gasteiger partial charge in [-0.3, -0.25) is 0 Å². The van der Waals surface area contributed by atoms with Crippen LogP contribution >= 0.6 is 0 Å². The summed E-state index contributed by atoms with van der Waals surface area (Å²) in [6.07, 6.45) is 10.6. The molecular weight excluding hydrogens is 491 g/mol. The Morgan fingerprint density at radius 2 is 1.45 bits per heavy atom. The molecule has 0 saturated carbocycles. The van der Waals surface area contributed by atoms with Crippen molar-refractivity contribution in [3.8, 4) is 0 Å². The molecule has 2 aromatic rings. The summed E-state index contributed by atoms with van der Waals surface area (Å²) < 4.78 is 1.39. The van der Waals surface area contributed by atoms with E-state index in [0.29, 0.717) is 6.04 Å². The van der Waals surface area contributed by atoms with Crippen LogP contribution in [-0.4, -0.2) is 42.7 Å². The van der Waals surface area contributed by atoms with Gasteiger partial charge >= 0.3 is 0 Å². The first-order chi connectivity index (χ1) is 14.8. The van der Waals surface area contributed by atoms with Gasteiger partial charge in [-0.2, -0.15) is 0 Å². The fourth-order valence-corrected chi connectivity index (χ4v) is 6.46. The number of nitrogens with zero attached hydrogens (tertiary/aromatic N) is 2. The minimum atomic E-state index is 0. The van der Waals surface area contributed by atoms with Crippen LogP contribution in [0.2, 0.25) is 0 Å². The molecule has 170 valence electrons. The Kier molecular flexibility index (Phi) is 9.27. The molecule has 0 aromatic heterocycles. The fourth-order valence-electron chi connectivity index (χ4n) is 6.46. The number of anilines is 1. The van der Waals surface area contributed by atoms with Crippen molar-refractivity contribution in [3.63, 3.8) is 0 Å². The first-order valence-corrected chi connectivity index (χ1v) is 12.5. The first-order valence-electron chi connectivity index (χ1n) is 12.5. The van der Waals surface area contributed by atoms with Crippen LogP contribution in [0.5, 0.6) is 0 Å². The van der Waals surface area contributed by atoms with Crippen molar-refractivity contribution in [1.82, 2.24) is 0 Å². The second kappa shape index (κ2) is 11.7. The predicted molar refractivity (Wildman–Crippen MR) is 129 cm³/mol. The molecule has 0 unspecified atom stereocenters. The Hall–Kier alpha value is -1.07. The molecule has 0 amide bonds. The van der Waals surface area contributed by atoms with Crippen molar-refractivity contribution in [2.45, 2.75) is 77.3 Å². The van der Waals surface area contributed by atoms with Crippen molar-refractivity contribution in [2.24, 2.45) is 0 Å². The Labute approximate surface area is 207 Å². The smallest absolute Gasteiger partial charge is 0.0907 e. The SMILES string of the molecule is CCC[N+]1(CCC)CCCC[C@H]1CCN(c1ccccc1)C1Cc2ccccc2C1.[I-]. The average molecular weight is 533 g/mol. The van der Waals surface area contributed by atoms with Crippen molar-refractivity contribution in [3.05, 3.63) is 65.7 Å². The number of hydrogen-bond donors (Lipinski definition) is 0. The van der Waals surface area contributed by atoms with Gasteiger partial charge < -0.3 is 33.4 Å². The molecule has 0 N–H and O–H groups in total. The molecule has 2 aromatic carbocycles. The fraction of sp³-hybridized carbons (Fsp3) is 0.571. The van der Waals surface area contributed by atoms with Crippen molar-refractivity contribution in [2.75, 3.05) is 31.1 Å². The second-order valence-corrected chi connectivity index (χ2v) is 9.69. The van der Waals surface area contributed by atoms with Gasteiger partial charge in [0.05, 0.1) is 25.7 Å². The van der Waals surface area contributed by atoms with E-state index in [1.54, 1.807) is 11.1 Å². The molecule has 0 radical (unpaired) electrons. The highest BCUT2D eigenvalue weighted by Crippen LogP contribution is 2.33. The van der Waals surface area contributed by atoms with Gasteiger partial charge in [0.15, 0.2) is 0 Å². The summed E-state index contributed by atoms with van der Waals surface area (Å²) in [7, 11) is 0. The number of fused-ring (bicyclic) bond motifs is 1. The Bertz CT molecular complexity index is 754. The maximum atomic E-state index is 2.75. The third-order valence-corrected chi connectivity index (χ3v) is 7.76. The van der Waals surface area contributed by atoms with E-state index in [0.717, 1.165) is 6.04 Å². The zero-order valence-corrected chi connectivity index (χ0v) is 21.8. The molecular formula is C28H41IN2. The summed E-state index contributed by atoms with van der Waals surface area (Å²) in [6.45, 7) is 10.1. The molecule has 2 nitrogen and oxygen atoms in total. The molecule has 1 aliphatic heterocycles. The van der Waals surface area contributed by atoms with Gasteiger partial charge in [0.1, 0.15) is 0 Å². The third kappa shape index (κ3) is 5.65. The highest BCUT2D eigenvalue weighted by molar-refractivity contribution is 5.49. The summed E-state index contributed by atoms with van der Waals surface area (Å²) in [5, 5.41) is 0. The van der Waals surface area contributed by atoms with Crippen LogP contribution < -0.4 is 28.9 Å². The number of halogens is 1. The van der Waals surface area contributed by atoms with Gasteiger partial charge in [0, 0.05) is 24.7 Å². The summed E-state index contributed by atoms with van der Waals surface area (Å²) in [6, 6.07) is 21.7. The maximum Gasteiger partial charge on any atom is 0.0907 e. The normalized spacial score (nSPS) is 20.1. The van der Waals surface area contributed by atoms with E-state index in [4.69, 9.17) is 0 Å². The summed E-state index contributed by atoms with van der Waals surface area (Å²) in [4.78, 5) is 2.75. The standard InChI is InChI=1S/C28H41N2.HI/c1-3-19-30(20-4-2)21-11-10-16-28(30)17-18-29(26-14-6-5-7-15-26)27-22-24-12-8-9-13-25(24)23-27;/h5-9,12-15,27-28H,3-4,10-11,16-23H2,1-2H3;1H/q+1;/p-1/t28-;/m0./s1. The van der Waals surface area contributed by atoms with Crippen LogP contribution in [0.1, 0.15) is 63.5 Å². The van der Waals surface area contributed by atoms with E-state index in [-0.39, 0.29) is 24.0 Å². The summed E-state index contributed by atoms with van der Waals surface area (Å²) >= 11 is 0. The molecule has 2 aliphatic rings. The highest BCUT2D eigenvalue weighted by Gasteiger charge is 2.38. The zero-order chi connectivity index (χ0) is 20.8. The number of piperidine rings is 1. The van der Waals surface area contributed by atoms with Crippen LogP contribution in [0.25, 0.3) is 0 Å². The molecule has 1 atom stereocenters. The molecule has 1 aliphatic carbocycles. The lowest BCUT2D eigenvalue weighted by molar-refractivity contribution is -0.956. The lowest BCUT2D eigenvalue weighted by Gasteiger charge is -2.49. The largest absolute Gasteiger partial charge is 1.00 e. The quantitative estimate of drug-likeness (QED) is 0.354. The van der Waals surface area contributed by atoms with Gasteiger partial charge in [-0.25, -0.2) is 0 Å². The van der Waals surface area contributed by atoms with Crippen LogP contribution in [0.4, 0.5) is 5.69 Å². The van der Waals surface area contributed by atoms with Gasteiger partial charge in [-0.05, 0) is 68.2 Å². The molecule has 0 bridgehead atoms. The molecule has 0 spiro atoms. The molecule has 3 heteroatoms. The molecule has 1 heterocycles. The molecule has 4 rings (SSSR count). The molecule has 1 saturated heterocycles. The van der Waals surface area contributed by atoms with E-state index < -0.39 is 0 Å². The van der Waals surface area contributed by atoms with E-state index in [9.17, 15) is 0 Å². The van der Waals surface area contributed by atoms with E-state index in [1.807, 2.05) is 0 Å². The lowest BCUT2D eigenvalue weighted by atomic mass is 9.94. The van der Waals surface area contributed by atoms with Crippen molar-refractivity contribution < 1.29 is 28.5 Å². The lowest BCUT2D eigenvalue weighted by Crippen LogP contribution is -3.00. The highest BCUT2D eigenvalue weighted by atomic mass is 127. The van der Waals surface area contributed by atoms with E-state index in [2.05, 4.69) is 73.3 Å². The topological polar surface area (TPSA) is 3.24 Å². The summed E-state index contributed by atoms with van der Waals surface area (Å²) in [5.74, 6) is 0. The predicted octanol–water partition coefficient (Wildman–Crippen LogP) is 3.24. The average Bonchev–Trinajstić information content (AvgIpc) is 3.20. The van der Waals surface area contributed by atoms with Crippen LogP contribution in [0.15, 0.2) is 54.6 Å². The van der Waals surface area contributed by atoms with Crippen LogP contribution in [0, 0.1) is 0 Å². The first kappa shape index (κ1) is 24.6.